The van der Waals surface area contributed by atoms with Crippen molar-refractivity contribution in [3.05, 3.63) is 47.9 Å². The summed E-state index contributed by atoms with van der Waals surface area (Å²) in [4.78, 5) is 29.6. The van der Waals surface area contributed by atoms with Crippen LogP contribution < -0.4 is 5.56 Å². The summed E-state index contributed by atoms with van der Waals surface area (Å²) in [5.41, 5.74) is 0.279. The van der Waals surface area contributed by atoms with Crippen molar-refractivity contribution in [2.24, 2.45) is 0 Å². The van der Waals surface area contributed by atoms with Crippen LogP contribution in [-0.4, -0.2) is 20.6 Å². The van der Waals surface area contributed by atoms with Crippen molar-refractivity contribution in [2.75, 3.05) is 0 Å². The van der Waals surface area contributed by atoms with Crippen LogP contribution in [0.2, 0.25) is 0 Å². The summed E-state index contributed by atoms with van der Waals surface area (Å²) in [5.74, 6) is -1.03. The summed E-state index contributed by atoms with van der Waals surface area (Å²) in [6, 6.07) is 1.93. The Balaban J connectivity index is 2.16. The third-order valence-electron chi connectivity index (χ3n) is 3.12. The molecule has 21 heavy (non-hydrogen) atoms. The third-order valence-corrected chi connectivity index (χ3v) is 6.22. The van der Waals surface area contributed by atoms with Gasteiger partial charge in [-0.3, -0.25) is 9.36 Å². The van der Waals surface area contributed by atoms with Crippen LogP contribution in [0.4, 0.5) is 0 Å². The fourth-order valence-corrected chi connectivity index (χ4v) is 4.52. The highest BCUT2D eigenvalue weighted by atomic mass is 79.9. The molecule has 0 aliphatic heterocycles. The minimum atomic E-state index is -1.03. The lowest BCUT2D eigenvalue weighted by Crippen LogP contribution is -2.20. The zero-order chi connectivity index (χ0) is 15.1. The SMILES string of the molecule is Cc1c(C(=O)O)sc2ncn(Cc3sccc3Br)c(=O)c12. The van der Waals surface area contributed by atoms with E-state index < -0.39 is 5.97 Å². The van der Waals surface area contributed by atoms with Gasteiger partial charge in [-0.25, -0.2) is 9.78 Å². The second kappa shape index (κ2) is 5.36. The molecule has 1 N–H and O–H groups in total. The molecule has 3 rings (SSSR count). The zero-order valence-electron chi connectivity index (χ0n) is 10.8. The maximum absolute atomic E-state index is 12.5. The highest BCUT2D eigenvalue weighted by molar-refractivity contribution is 9.10. The number of hydrogen-bond acceptors (Lipinski definition) is 5. The number of thiophene rings is 2. The van der Waals surface area contributed by atoms with Gasteiger partial charge in [0.25, 0.3) is 5.56 Å². The summed E-state index contributed by atoms with van der Waals surface area (Å²) in [6.07, 6.45) is 1.47. The molecule has 0 aliphatic rings. The molecular weight excluding hydrogens is 376 g/mol. The van der Waals surface area contributed by atoms with Gasteiger partial charge in [-0.2, -0.15) is 0 Å². The number of fused-ring (bicyclic) bond motifs is 1. The van der Waals surface area contributed by atoms with E-state index in [1.807, 2.05) is 11.4 Å². The highest BCUT2D eigenvalue weighted by Gasteiger charge is 2.19. The molecule has 3 aromatic heterocycles. The quantitative estimate of drug-likeness (QED) is 0.751. The number of carboxylic acid groups (broad SMARTS) is 1. The van der Waals surface area contributed by atoms with Gasteiger partial charge in [0.15, 0.2) is 0 Å². The first-order valence-corrected chi connectivity index (χ1v) is 8.41. The highest BCUT2D eigenvalue weighted by Crippen LogP contribution is 2.27. The Labute approximate surface area is 135 Å². The molecule has 3 aromatic rings. The van der Waals surface area contributed by atoms with Gasteiger partial charge in [-0.05, 0) is 39.9 Å². The van der Waals surface area contributed by atoms with Crippen molar-refractivity contribution in [1.29, 1.82) is 0 Å². The normalized spacial score (nSPS) is 11.1. The van der Waals surface area contributed by atoms with Crippen LogP contribution in [-0.2, 0) is 6.54 Å². The predicted octanol–water partition coefficient (Wildman–Crippen LogP) is 3.34. The summed E-state index contributed by atoms with van der Waals surface area (Å²) in [5, 5.41) is 11.5. The van der Waals surface area contributed by atoms with Gasteiger partial charge in [0.2, 0.25) is 0 Å². The van der Waals surface area contributed by atoms with Crippen LogP contribution in [0.15, 0.2) is 27.0 Å². The first-order valence-electron chi connectivity index (χ1n) is 5.92. The summed E-state index contributed by atoms with van der Waals surface area (Å²) >= 11 is 6.02. The van der Waals surface area contributed by atoms with Crippen molar-refractivity contribution >= 4 is 54.8 Å². The molecule has 0 atom stereocenters. The second-order valence-electron chi connectivity index (χ2n) is 4.41. The Kier molecular flexibility index (Phi) is 3.68. The van der Waals surface area contributed by atoms with Crippen molar-refractivity contribution < 1.29 is 9.90 Å². The molecule has 0 fully saturated rings. The lowest BCUT2D eigenvalue weighted by Gasteiger charge is -2.04. The van der Waals surface area contributed by atoms with Gasteiger partial charge in [0.1, 0.15) is 9.71 Å². The molecule has 3 heterocycles. The smallest absolute Gasteiger partial charge is 0.346 e. The first kappa shape index (κ1) is 14.4. The van der Waals surface area contributed by atoms with Crippen molar-refractivity contribution in [1.82, 2.24) is 9.55 Å². The second-order valence-corrected chi connectivity index (χ2v) is 7.26. The number of aromatic nitrogens is 2. The van der Waals surface area contributed by atoms with Gasteiger partial charge in [0, 0.05) is 9.35 Å². The van der Waals surface area contributed by atoms with Crippen LogP contribution in [0.3, 0.4) is 0 Å². The molecule has 5 nitrogen and oxygen atoms in total. The molecule has 0 saturated heterocycles. The Morgan fingerprint density at radius 2 is 2.29 bits per heavy atom. The largest absolute Gasteiger partial charge is 0.477 e. The van der Waals surface area contributed by atoms with Crippen molar-refractivity contribution in [3.63, 3.8) is 0 Å². The number of aryl methyl sites for hydroxylation is 1. The van der Waals surface area contributed by atoms with E-state index in [2.05, 4.69) is 20.9 Å². The molecule has 0 radical (unpaired) electrons. The Hall–Kier alpha value is -1.51. The van der Waals surface area contributed by atoms with Crippen LogP contribution in [0.1, 0.15) is 20.1 Å². The van der Waals surface area contributed by atoms with Crippen molar-refractivity contribution in [3.8, 4) is 0 Å². The summed E-state index contributed by atoms with van der Waals surface area (Å²) in [7, 11) is 0. The molecule has 0 amide bonds. The minimum absolute atomic E-state index is 0.171. The molecule has 0 saturated carbocycles. The van der Waals surface area contributed by atoms with Gasteiger partial charge in [0.05, 0.1) is 18.3 Å². The number of carbonyl (C=O) groups is 1. The van der Waals surface area contributed by atoms with E-state index >= 15 is 0 Å². The number of rotatable bonds is 3. The zero-order valence-corrected chi connectivity index (χ0v) is 14.0. The molecule has 0 spiro atoms. The first-order chi connectivity index (χ1) is 9.99. The molecule has 0 aromatic carbocycles. The number of carboxylic acids is 1. The average Bonchev–Trinajstić information content (AvgIpc) is 2.98. The molecule has 0 bridgehead atoms. The lowest BCUT2D eigenvalue weighted by atomic mass is 10.2. The number of halogens is 1. The number of hydrogen-bond donors (Lipinski definition) is 1. The van der Waals surface area contributed by atoms with E-state index in [0.29, 0.717) is 22.3 Å². The van der Waals surface area contributed by atoms with Crippen molar-refractivity contribution in [2.45, 2.75) is 13.5 Å². The average molecular weight is 385 g/mol. The van der Waals surface area contributed by atoms with E-state index in [1.54, 1.807) is 18.3 Å². The van der Waals surface area contributed by atoms with Crippen LogP contribution in [0, 0.1) is 6.92 Å². The Morgan fingerprint density at radius 3 is 2.90 bits per heavy atom. The fourth-order valence-electron chi connectivity index (χ4n) is 2.07. The molecule has 0 unspecified atom stereocenters. The maximum Gasteiger partial charge on any atom is 0.346 e. The van der Waals surface area contributed by atoms with E-state index in [9.17, 15) is 9.59 Å². The topological polar surface area (TPSA) is 72.2 Å². The molecule has 108 valence electrons. The third kappa shape index (κ3) is 2.43. The van der Waals surface area contributed by atoms with E-state index in [1.165, 1.54) is 10.9 Å². The maximum atomic E-state index is 12.5. The van der Waals surface area contributed by atoms with Crippen LogP contribution in [0.5, 0.6) is 0 Å². The number of nitrogens with zero attached hydrogens (tertiary/aromatic N) is 2. The Morgan fingerprint density at radius 1 is 1.52 bits per heavy atom. The van der Waals surface area contributed by atoms with Crippen LogP contribution in [0.25, 0.3) is 10.2 Å². The van der Waals surface area contributed by atoms with Gasteiger partial charge >= 0.3 is 5.97 Å². The Bertz CT molecular complexity index is 910. The molecule has 0 aliphatic carbocycles. The lowest BCUT2D eigenvalue weighted by molar-refractivity contribution is 0.0701. The standard InChI is InChI=1S/C13H9BrN2O3S2/c1-6-9-11(21-10(6)13(18)19)15-5-16(12(9)17)4-8-7(14)2-3-20-8/h2-3,5H,4H2,1H3,(H,18,19). The summed E-state index contributed by atoms with van der Waals surface area (Å²) < 4.78 is 2.46. The van der Waals surface area contributed by atoms with Gasteiger partial charge in [-0.1, -0.05) is 0 Å². The molecule has 8 heteroatoms. The monoisotopic (exact) mass is 384 g/mol. The van der Waals surface area contributed by atoms with Crippen LogP contribution >= 0.6 is 38.6 Å². The predicted molar refractivity (Wildman–Crippen MR) is 86.7 cm³/mol. The molecular formula is C13H9BrN2O3S2. The number of aromatic carboxylic acids is 1. The summed E-state index contributed by atoms with van der Waals surface area (Å²) in [6.45, 7) is 2.06. The van der Waals surface area contributed by atoms with E-state index in [-0.39, 0.29) is 10.4 Å². The van der Waals surface area contributed by atoms with Gasteiger partial charge in [-0.15, -0.1) is 22.7 Å². The van der Waals surface area contributed by atoms with Gasteiger partial charge < -0.3 is 5.11 Å². The van der Waals surface area contributed by atoms with E-state index in [4.69, 9.17) is 5.11 Å². The minimum Gasteiger partial charge on any atom is -0.477 e. The fraction of sp³-hybridized carbons (Fsp3) is 0.154. The van der Waals surface area contributed by atoms with E-state index in [0.717, 1.165) is 20.7 Å².